The van der Waals surface area contributed by atoms with Crippen LogP contribution in [-0.4, -0.2) is 24.8 Å². The van der Waals surface area contributed by atoms with Gasteiger partial charge < -0.3 is 10.1 Å². The number of anilines is 2. The molecule has 1 aliphatic heterocycles. The smallest absolute Gasteiger partial charge is 0.266 e. The maximum atomic E-state index is 12.9. The van der Waals surface area contributed by atoms with E-state index < -0.39 is 17.7 Å². The van der Waals surface area contributed by atoms with Gasteiger partial charge in [0.25, 0.3) is 17.7 Å². The Morgan fingerprint density at radius 1 is 0.857 bits per heavy atom. The topological polar surface area (TPSA) is 75.7 Å². The number of ether oxygens (including phenoxy) is 1. The summed E-state index contributed by atoms with van der Waals surface area (Å²) in [7, 11) is 1.54. The highest BCUT2D eigenvalue weighted by atomic mass is 16.5. The first-order chi connectivity index (χ1) is 13.6. The summed E-state index contributed by atoms with van der Waals surface area (Å²) in [5, 5.41) is 2.78. The molecule has 138 valence electrons. The van der Waals surface area contributed by atoms with Crippen LogP contribution in [0.2, 0.25) is 0 Å². The lowest BCUT2D eigenvalue weighted by Crippen LogP contribution is -2.31. The number of amides is 3. The van der Waals surface area contributed by atoms with Crippen molar-refractivity contribution in [3.8, 4) is 5.75 Å². The van der Waals surface area contributed by atoms with Gasteiger partial charge in [-0.2, -0.15) is 0 Å². The van der Waals surface area contributed by atoms with Crippen LogP contribution in [0.15, 0.2) is 72.8 Å². The van der Waals surface area contributed by atoms with E-state index in [1.54, 1.807) is 79.9 Å². The molecular weight excluding hydrogens is 356 g/mol. The van der Waals surface area contributed by atoms with E-state index in [2.05, 4.69) is 5.32 Å². The van der Waals surface area contributed by atoms with E-state index in [0.29, 0.717) is 22.6 Å². The Hall–Kier alpha value is -3.93. The van der Waals surface area contributed by atoms with Gasteiger partial charge >= 0.3 is 0 Å². The largest absolute Gasteiger partial charge is 0.497 e. The number of methoxy groups -OCH3 is 1. The van der Waals surface area contributed by atoms with Crippen LogP contribution in [0.5, 0.6) is 5.75 Å². The van der Waals surface area contributed by atoms with Crippen molar-refractivity contribution in [3.05, 3.63) is 89.5 Å². The third kappa shape index (κ3) is 2.91. The third-order valence-corrected chi connectivity index (χ3v) is 4.51. The Morgan fingerprint density at radius 2 is 1.50 bits per heavy atom. The molecule has 0 aromatic heterocycles. The molecule has 0 spiro atoms. The summed E-state index contributed by atoms with van der Waals surface area (Å²) in [6, 6.07) is 20.1. The second-order valence-electron chi connectivity index (χ2n) is 6.19. The lowest BCUT2D eigenvalue weighted by molar-refractivity contribution is 0.0926. The Bertz CT molecular complexity index is 1070. The van der Waals surface area contributed by atoms with Gasteiger partial charge in [-0.25, -0.2) is 4.90 Å². The van der Waals surface area contributed by atoms with Crippen molar-refractivity contribution in [3.63, 3.8) is 0 Å². The SMILES string of the molecule is COc1cccc(NC(=O)c2ccccc2N2C(=O)c3ccccc3C2=O)c1. The summed E-state index contributed by atoms with van der Waals surface area (Å²) in [6.45, 7) is 0. The monoisotopic (exact) mass is 372 g/mol. The average molecular weight is 372 g/mol. The number of nitrogens with zero attached hydrogens (tertiary/aromatic N) is 1. The van der Waals surface area contributed by atoms with Crippen LogP contribution in [0, 0.1) is 0 Å². The van der Waals surface area contributed by atoms with Gasteiger partial charge in [0.2, 0.25) is 0 Å². The first kappa shape index (κ1) is 17.5. The molecule has 0 saturated heterocycles. The van der Waals surface area contributed by atoms with Crippen molar-refractivity contribution in [1.82, 2.24) is 0 Å². The van der Waals surface area contributed by atoms with Gasteiger partial charge in [0, 0.05) is 11.8 Å². The van der Waals surface area contributed by atoms with Crippen LogP contribution in [0.1, 0.15) is 31.1 Å². The fourth-order valence-corrected chi connectivity index (χ4v) is 3.17. The minimum absolute atomic E-state index is 0.222. The predicted molar refractivity (Wildman–Crippen MR) is 105 cm³/mol. The summed E-state index contributed by atoms with van der Waals surface area (Å²) < 4.78 is 5.16. The van der Waals surface area contributed by atoms with Gasteiger partial charge in [-0.3, -0.25) is 14.4 Å². The minimum Gasteiger partial charge on any atom is -0.497 e. The number of carbonyl (C=O) groups is 3. The molecule has 3 aromatic carbocycles. The second-order valence-corrected chi connectivity index (χ2v) is 6.19. The number of hydrogen-bond donors (Lipinski definition) is 1. The number of imide groups is 1. The van der Waals surface area contributed by atoms with Gasteiger partial charge in [-0.15, -0.1) is 0 Å². The number of benzene rings is 3. The zero-order chi connectivity index (χ0) is 19.7. The molecule has 6 nitrogen and oxygen atoms in total. The summed E-state index contributed by atoms with van der Waals surface area (Å²) in [6.07, 6.45) is 0. The molecule has 0 aliphatic carbocycles. The van der Waals surface area contributed by atoms with E-state index in [0.717, 1.165) is 4.90 Å². The first-order valence-corrected chi connectivity index (χ1v) is 8.62. The van der Waals surface area contributed by atoms with Crippen molar-refractivity contribution in [1.29, 1.82) is 0 Å². The first-order valence-electron chi connectivity index (χ1n) is 8.62. The molecule has 3 aromatic rings. The lowest BCUT2D eigenvalue weighted by atomic mass is 10.1. The number of fused-ring (bicyclic) bond motifs is 1. The molecule has 1 heterocycles. The molecule has 4 rings (SSSR count). The number of para-hydroxylation sites is 1. The van der Waals surface area contributed by atoms with Gasteiger partial charge in [-0.1, -0.05) is 30.3 Å². The van der Waals surface area contributed by atoms with Crippen molar-refractivity contribution in [2.75, 3.05) is 17.3 Å². The maximum absolute atomic E-state index is 12.9. The molecule has 0 fully saturated rings. The normalized spacial score (nSPS) is 12.7. The molecule has 0 radical (unpaired) electrons. The van der Waals surface area contributed by atoms with E-state index in [9.17, 15) is 14.4 Å². The van der Waals surface area contributed by atoms with E-state index in [-0.39, 0.29) is 11.3 Å². The van der Waals surface area contributed by atoms with Gasteiger partial charge in [0.1, 0.15) is 5.75 Å². The fraction of sp³-hybridized carbons (Fsp3) is 0.0455. The van der Waals surface area contributed by atoms with Crippen LogP contribution in [0.25, 0.3) is 0 Å². The van der Waals surface area contributed by atoms with Crippen molar-refractivity contribution >= 4 is 29.1 Å². The predicted octanol–water partition coefficient (Wildman–Crippen LogP) is 3.75. The molecule has 1 N–H and O–H groups in total. The van der Waals surface area contributed by atoms with Crippen LogP contribution < -0.4 is 15.0 Å². The average Bonchev–Trinajstić information content (AvgIpc) is 2.98. The zero-order valence-electron chi connectivity index (χ0n) is 15.0. The van der Waals surface area contributed by atoms with E-state index in [4.69, 9.17) is 4.74 Å². The Kier molecular flexibility index (Phi) is 4.37. The molecular formula is C22H16N2O4. The molecule has 0 bridgehead atoms. The van der Waals surface area contributed by atoms with Crippen molar-refractivity contribution in [2.45, 2.75) is 0 Å². The van der Waals surface area contributed by atoms with Crippen molar-refractivity contribution in [2.24, 2.45) is 0 Å². The summed E-state index contributed by atoms with van der Waals surface area (Å²) in [4.78, 5) is 39.5. The van der Waals surface area contributed by atoms with Crippen LogP contribution in [0.4, 0.5) is 11.4 Å². The van der Waals surface area contributed by atoms with Crippen LogP contribution >= 0.6 is 0 Å². The van der Waals surface area contributed by atoms with Crippen LogP contribution in [0.3, 0.4) is 0 Å². The molecule has 28 heavy (non-hydrogen) atoms. The number of hydrogen-bond acceptors (Lipinski definition) is 4. The van der Waals surface area contributed by atoms with Gasteiger partial charge in [0.05, 0.1) is 29.5 Å². The third-order valence-electron chi connectivity index (χ3n) is 4.51. The molecule has 0 unspecified atom stereocenters. The van der Waals surface area contributed by atoms with E-state index >= 15 is 0 Å². The maximum Gasteiger partial charge on any atom is 0.266 e. The highest BCUT2D eigenvalue weighted by Gasteiger charge is 2.37. The fourth-order valence-electron chi connectivity index (χ4n) is 3.17. The Labute approximate surface area is 161 Å². The lowest BCUT2D eigenvalue weighted by Gasteiger charge is -2.18. The number of rotatable bonds is 4. The number of nitrogens with one attached hydrogen (secondary N) is 1. The molecule has 6 heteroatoms. The standard InChI is InChI=1S/C22H16N2O4/c1-28-15-8-6-7-14(13-15)23-20(25)18-11-4-5-12-19(18)24-21(26)16-9-2-3-10-17(16)22(24)27/h2-13H,1H3,(H,23,25). The second kappa shape index (κ2) is 7.00. The molecule has 0 saturated carbocycles. The highest BCUT2D eigenvalue weighted by molar-refractivity contribution is 6.35. The van der Waals surface area contributed by atoms with Crippen molar-refractivity contribution < 1.29 is 19.1 Å². The summed E-state index contributed by atoms with van der Waals surface area (Å²) >= 11 is 0. The zero-order valence-corrected chi connectivity index (χ0v) is 15.0. The van der Waals surface area contributed by atoms with E-state index in [1.165, 1.54) is 0 Å². The van der Waals surface area contributed by atoms with Crippen LogP contribution in [-0.2, 0) is 0 Å². The Morgan fingerprint density at radius 3 is 2.18 bits per heavy atom. The molecule has 3 amide bonds. The molecule has 1 aliphatic rings. The van der Waals surface area contributed by atoms with E-state index in [1.807, 2.05) is 0 Å². The highest BCUT2D eigenvalue weighted by Crippen LogP contribution is 2.31. The van der Waals surface area contributed by atoms with Gasteiger partial charge in [-0.05, 0) is 36.4 Å². The Balaban J connectivity index is 1.69. The quantitative estimate of drug-likeness (QED) is 0.708. The minimum atomic E-state index is -0.442. The molecule has 0 atom stereocenters. The number of carbonyl (C=O) groups excluding carboxylic acids is 3. The van der Waals surface area contributed by atoms with Gasteiger partial charge in [0.15, 0.2) is 0 Å². The summed E-state index contributed by atoms with van der Waals surface area (Å²) in [5.74, 6) is -0.712. The summed E-state index contributed by atoms with van der Waals surface area (Å²) in [5.41, 5.74) is 1.67.